The quantitative estimate of drug-likeness (QED) is 0.910. The Kier molecular flexibility index (Phi) is 4.55. The second-order valence-corrected chi connectivity index (χ2v) is 6.77. The third-order valence-electron chi connectivity index (χ3n) is 3.96. The molecule has 1 fully saturated rings. The van der Waals surface area contributed by atoms with Crippen LogP contribution in [0.1, 0.15) is 23.4 Å². The molecule has 2 aromatic rings. The largest absolute Gasteiger partial charge is 0.459 e. The Balaban J connectivity index is 1.70. The molecule has 1 amide bonds. The Morgan fingerprint density at radius 3 is 2.68 bits per heavy atom. The summed E-state index contributed by atoms with van der Waals surface area (Å²) < 4.78 is 5.36. The highest BCUT2D eigenvalue weighted by atomic mass is 32.2. The number of thioether (sulfide) groups is 1. The number of amides is 1. The standard InChI is InChI=1S/C17H19NO3S/c19-16(18-12-17(20)7-10-22-11-8-17)15-14(6-9-21-15)13-4-2-1-3-5-13/h1-6,9,20H,7-8,10-12H2,(H,18,19). The first-order valence-corrected chi connectivity index (χ1v) is 8.55. The average molecular weight is 317 g/mol. The van der Waals surface area contributed by atoms with Crippen molar-refractivity contribution >= 4 is 17.7 Å². The van der Waals surface area contributed by atoms with E-state index in [0.717, 1.165) is 22.6 Å². The first-order chi connectivity index (χ1) is 10.7. The van der Waals surface area contributed by atoms with E-state index in [2.05, 4.69) is 5.32 Å². The van der Waals surface area contributed by atoms with Gasteiger partial charge in [-0.1, -0.05) is 30.3 Å². The maximum atomic E-state index is 12.4. The van der Waals surface area contributed by atoms with E-state index in [-0.39, 0.29) is 12.5 Å². The van der Waals surface area contributed by atoms with Gasteiger partial charge in [0.15, 0.2) is 5.76 Å². The average Bonchev–Trinajstić information content (AvgIpc) is 3.04. The van der Waals surface area contributed by atoms with Crippen molar-refractivity contribution in [1.29, 1.82) is 0 Å². The predicted molar refractivity (Wildman–Crippen MR) is 88.0 cm³/mol. The van der Waals surface area contributed by atoms with E-state index >= 15 is 0 Å². The molecular formula is C17H19NO3S. The molecule has 2 heterocycles. The molecule has 1 aromatic carbocycles. The molecule has 116 valence electrons. The van der Waals surface area contributed by atoms with Crippen LogP contribution in [-0.4, -0.2) is 34.7 Å². The van der Waals surface area contributed by atoms with Crippen molar-refractivity contribution in [2.24, 2.45) is 0 Å². The number of rotatable bonds is 4. The van der Waals surface area contributed by atoms with Crippen molar-refractivity contribution in [3.05, 3.63) is 48.4 Å². The van der Waals surface area contributed by atoms with Crippen molar-refractivity contribution in [3.8, 4) is 11.1 Å². The van der Waals surface area contributed by atoms with Gasteiger partial charge in [0.2, 0.25) is 0 Å². The molecule has 0 spiro atoms. The fourth-order valence-corrected chi connectivity index (χ4v) is 3.84. The Bertz CT molecular complexity index is 632. The van der Waals surface area contributed by atoms with Crippen molar-refractivity contribution in [1.82, 2.24) is 5.32 Å². The lowest BCUT2D eigenvalue weighted by Gasteiger charge is -2.31. The Labute approximate surface area is 133 Å². The zero-order chi connectivity index (χ0) is 15.4. The highest BCUT2D eigenvalue weighted by Gasteiger charge is 2.30. The molecule has 0 radical (unpaired) electrons. The van der Waals surface area contributed by atoms with Gasteiger partial charge in [0.1, 0.15) is 0 Å². The summed E-state index contributed by atoms with van der Waals surface area (Å²) >= 11 is 1.84. The molecule has 2 N–H and O–H groups in total. The molecule has 0 aliphatic carbocycles. The first-order valence-electron chi connectivity index (χ1n) is 7.39. The topological polar surface area (TPSA) is 62.5 Å². The molecule has 0 atom stereocenters. The van der Waals surface area contributed by atoms with Gasteiger partial charge in [-0.05, 0) is 36.0 Å². The molecule has 1 saturated heterocycles. The minimum atomic E-state index is -0.791. The van der Waals surface area contributed by atoms with Crippen molar-refractivity contribution < 1.29 is 14.3 Å². The van der Waals surface area contributed by atoms with Gasteiger partial charge in [-0.3, -0.25) is 4.79 Å². The van der Waals surface area contributed by atoms with Crippen LogP contribution >= 0.6 is 11.8 Å². The second-order valence-electron chi connectivity index (χ2n) is 5.55. The number of furan rings is 1. The summed E-state index contributed by atoms with van der Waals surface area (Å²) in [4.78, 5) is 12.4. The summed E-state index contributed by atoms with van der Waals surface area (Å²) in [5.41, 5.74) is 0.916. The van der Waals surface area contributed by atoms with Gasteiger partial charge in [0.05, 0.1) is 11.9 Å². The van der Waals surface area contributed by atoms with Crippen LogP contribution in [0.25, 0.3) is 11.1 Å². The van der Waals surface area contributed by atoms with Crippen molar-refractivity contribution in [2.75, 3.05) is 18.1 Å². The molecule has 1 aliphatic heterocycles. The lowest BCUT2D eigenvalue weighted by molar-refractivity contribution is 0.0307. The van der Waals surface area contributed by atoms with Gasteiger partial charge >= 0.3 is 0 Å². The fraction of sp³-hybridized carbons (Fsp3) is 0.353. The first kappa shape index (κ1) is 15.2. The fourth-order valence-electron chi connectivity index (χ4n) is 2.58. The van der Waals surface area contributed by atoms with Gasteiger partial charge in [-0.15, -0.1) is 0 Å². The highest BCUT2D eigenvalue weighted by Crippen LogP contribution is 2.27. The van der Waals surface area contributed by atoms with Gasteiger partial charge in [0, 0.05) is 12.1 Å². The second kappa shape index (κ2) is 6.58. The minimum Gasteiger partial charge on any atom is -0.459 e. The monoisotopic (exact) mass is 317 g/mol. The minimum absolute atomic E-state index is 0.265. The normalized spacial score (nSPS) is 17.1. The lowest BCUT2D eigenvalue weighted by atomic mass is 9.97. The Hall–Kier alpha value is -1.72. The van der Waals surface area contributed by atoms with Gasteiger partial charge in [0.25, 0.3) is 5.91 Å². The number of aliphatic hydroxyl groups is 1. The summed E-state index contributed by atoms with van der Waals surface area (Å²) in [6.45, 7) is 0.265. The van der Waals surface area contributed by atoms with Crippen LogP contribution in [-0.2, 0) is 0 Å². The van der Waals surface area contributed by atoms with Crippen molar-refractivity contribution in [2.45, 2.75) is 18.4 Å². The highest BCUT2D eigenvalue weighted by molar-refractivity contribution is 7.99. The lowest BCUT2D eigenvalue weighted by Crippen LogP contribution is -2.45. The van der Waals surface area contributed by atoms with Crippen LogP contribution < -0.4 is 5.32 Å². The molecule has 5 heteroatoms. The third kappa shape index (κ3) is 3.36. The van der Waals surface area contributed by atoms with E-state index in [4.69, 9.17) is 4.42 Å². The van der Waals surface area contributed by atoms with Gasteiger partial charge < -0.3 is 14.8 Å². The van der Waals surface area contributed by atoms with E-state index in [0.29, 0.717) is 18.6 Å². The maximum Gasteiger partial charge on any atom is 0.287 e. The summed E-state index contributed by atoms with van der Waals surface area (Å²) in [6, 6.07) is 11.4. The summed E-state index contributed by atoms with van der Waals surface area (Å²) in [7, 11) is 0. The summed E-state index contributed by atoms with van der Waals surface area (Å²) in [6.07, 6.45) is 2.94. The third-order valence-corrected chi connectivity index (χ3v) is 4.94. The number of carbonyl (C=O) groups is 1. The molecule has 0 bridgehead atoms. The molecule has 4 nitrogen and oxygen atoms in total. The van der Waals surface area contributed by atoms with Gasteiger partial charge in [-0.2, -0.15) is 11.8 Å². The Morgan fingerprint density at radius 2 is 1.95 bits per heavy atom. The van der Waals surface area contributed by atoms with Crippen LogP contribution in [0.4, 0.5) is 0 Å². The number of benzene rings is 1. The molecule has 1 aromatic heterocycles. The molecule has 0 unspecified atom stereocenters. The number of hydrogen-bond acceptors (Lipinski definition) is 4. The number of carbonyl (C=O) groups excluding carboxylic acids is 1. The zero-order valence-electron chi connectivity index (χ0n) is 12.2. The van der Waals surface area contributed by atoms with Crippen LogP contribution in [0, 0.1) is 0 Å². The van der Waals surface area contributed by atoms with Crippen LogP contribution in [0.5, 0.6) is 0 Å². The van der Waals surface area contributed by atoms with E-state index in [1.54, 1.807) is 6.07 Å². The molecule has 1 aliphatic rings. The molecule has 3 rings (SSSR count). The van der Waals surface area contributed by atoms with Crippen molar-refractivity contribution in [3.63, 3.8) is 0 Å². The summed E-state index contributed by atoms with van der Waals surface area (Å²) in [5, 5.41) is 13.3. The van der Waals surface area contributed by atoms with Crippen LogP contribution in [0.3, 0.4) is 0 Å². The predicted octanol–water partition coefficient (Wildman–Crippen LogP) is 2.93. The molecule has 0 saturated carbocycles. The smallest absolute Gasteiger partial charge is 0.287 e. The maximum absolute atomic E-state index is 12.4. The van der Waals surface area contributed by atoms with E-state index in [1.807, 2.05) is 42.1 Å². The molecular weight excluding hydrogens is 298 g/mol. The zero-order valence-corrected chi connectivity index (χ0v) is 13.1. The molecule has 22 heavy (non-hydrogen) atoms. The van der Waals surface area contributed by atoms with E-state index in [1.165, 1.54) is 6.26 Å². The Morgan fingerprint density at radius 1 is 1.23 bits per heavy atom. The number of nitrogens with one attached hydrogen (secondary N) is 1. The SMILES string of the molecule is O=C(NCC1(O)CCSCC1)c1occc1-c1ccccc1. The van der Waals surface area contributed by atoms with Gasteiger partial charge in [-0.25, -0.2) is 0 Å². The van der Waals surface area contributed by atoms with E-state index in [9.17, 15) is 9.90 Å². The van der Waals surface area contributed by atoms with E-state index < -0.39 is 5.60 Å². The number of hydrogen-bond donors (Lipinski definition) is 2. The van der Waals surface area contributed by atoms with Crippen LogP contribution in [0.15, 0.2) is 47.1 Å². The van der Waals surface area contributed by atoms with Crippen LogP contribution in [0.2, 0.25) is 0 Å². The summed E-state index contributed by atoms with van der Waals surface area (Å²) in [5.74, 6) is 1.88.